The van der Waals surface area contributed by atoms with Crippen LogP contribution in [0, 0.1) is 18.8 Å². The Labute approximate surface area is 181 Å². The minimum atomic E-state index is -0.310. The molecule has 2 aromatic rings. The number of hydrogen-bond donors (Lipinski definition) is 2. The van der Waals surface area contributed by atoms with Crippen molar-refractivity contribution in [3.05, 3.63) is 47.7 Å². The van der Waals surface area contributed by atoms with Gasteiger partial charge in [-0.2, -0.15) is 0 Å². The van der Waals surface area contributed by atoms with Crippen molar-refractivity contribution in [1.82, 2.24) is 25.6 Å². The van der Waals surface area contributed by atoms with E-state index in [0.717, 1.165) is 37.8 Å². The van der Waals surface area contributed by atoms with E-state index in [-0.39, 0.29) is 22.9 Å². The van der Waals surface area contributed by atoms with Gasteiger partial charge in [-0.05, 0) is 63.4 Å². The lowest BCUT2D eigenvalue weighted by molar-refractivity contribution is -0.0448. The first-order chi connectivity index (χ1) is 14.9. The van der Waals surface area contributed by atoms with Crippen LogP contribution >= 0.6 is 0 Å². The van der Waals surface area contributed by atoms with Crippen molar-refractivity contribution in [2.75, 3.05) is 7.11 Å². The molecule has 2 N–H and O–H groups in total. The first-order valence-electron chi connectivity index (χ1n) is 10.8. The summed E-state index contributed by atoms with van der Waals surface area (Å²) in [5.41, 5.74) is 0.988. The molecule has 2 amide bonds. The van der Waals surface area contributed by atoms with E-state index in [0.29, 0.717) is 29.0 Å². The van der Waals surface area contributed by atoms with Crippen LogP contribution in [-0.4, -0.2) is 45.0 Å². The predicted octanol–water partition coefficient (Wildman–Crippen LogP) is 2.44. The van der Waals surface area contributed by atoms with Crippen LogP contribution < -0.4 is 15.4 Å². The topological polar surface area (TPSA) is 106 Å². The molecule has 4 fully saturated rings. The van der Waals surface area contributed by atoms with E-state index in [9.17, 15) is 9.59 Å². The maximum Gasteiger partial charge on any atom is 0.271 e. The highest BCUT2D eigenvalue weighted by atomic mass is 16.5. The van der Waals surface area contributed by atoms with Gasteiger partial charge in [0, 0.05) is 35.1 Å². The van der Waals surface area contributed by atoms with E-state index in [2.05, 4.69) is 25.6 Å². The fourth-order valence-corrected chi connectivity index (χ4v) is 6.41. The number of amides is 2. The third-order valence-corrected chi connectivity index (χ3v) is 7.01. The first kappa shape index (κ1) is 19.9. The summed E-state index contributed by atoms with van der Waals surface area (Å²) in [7, 11) is 1.54. The quantitative estimate of drug-likeness (QED) is 0.768. The maximum atomic E-state index is 13.1. The van der Waals surface area contributed by atoms with Crippen molar-refractivity contribution >= 4 is 11.8 Å². The van der Waals surface area contributed by atoms with Crippen LogP contribution in [0.3, 0.4) is 0 Å². The second-order valence-corrected chi connectivity index (χ2v) is 9.56. The highest BCUT2D eigenvalue weighted by Crippen LogP contribution is 2.57. The molecule has 8 heteroatoms. The summed E-state index contributed by atoms with van der Waals surface area (Å²) < 4.78 is 5.16. The van der Waals surface area contributed by atoms with E-state index in [1.807, 2.05) is 6.92 Å². The van der Waals surface area contributed by atoms with Crippen LogP contribution in [-0.2, 0) is 0 Å². The summed E-state index contributed by atoms with van der Waals surface area (Å²) in [6.07, 6.45) is 10.5. The summed E-state index contributed by atoms with van der Waals surface area (Å²) >= 11 is 0. The molecular weight excluding hydrogens is 394 g/mol. The Morgan fingerprint density at radius 1 is 1.06 bits per heavy atom. The summed E-state index contributed by atoms with van der Waals surface area (Å²) in [5, 5.41) is 6.64. The molecule has 31 heavy (non-hydrogen) atoms. The van der Waals surface area contributed by atoms with Gasteiger partial charge in [0.1, 0.15) is 5.69 Å². The molecule has 0 radical (unpaired) electrons. The summed E-state index contributed by atoms with van der Waals surface area (Å²) in [6, 6.07) is 3.36. The van der Waals surface area contributed by atoms with Gasteiger partial charge in [-0.15, -0.1) is 0 Å². The van der Waals surface area contributed by atoms with Crippen LogP contribution in [0.25, 0.3) is 0 Å². The molecule has 2 atom stereocenters. The van der Waals surface area contributed by atoms with E-state index in [1.165, 1.54) is 19.7 Å². The monoisotopic (exact) mass is 421 g/mol. The molecule has 2 unspecified atom stereocenters. The van der Waals surface area contributed by atoms with Gasteiger partial charge in [0.25, 0.3) is 11.8 Å². The Bertz CT molecular complexity index is 1030. The van der Waals surface area contributed by atoms with Crippen molar-refractivity contribution in [2.45, 2.75) is 56.5 Å². The summed E-state index contributed by atoms with van der Waals surface area (Å²) in [6.45, 7) is 1.83. The van der Waals surface area contributed by atoms with Crippen molar-refractivity contribution in [3.63, 3.8) is 0 Å². The van der Waals surface area contributed by atoms with Gasteiger partial charge in [0.2, 0.25) is 5.88 Å². The second kappa shape index (κ2) is 7.28. The fourth-order valence-electron chi connectivity index (χ4n) is 6.41. The number of carbonyl (C=O) groups is 2. The summed E-state index contributed by atoms with van der Waals surface area (Å²) in [4.78, 5) is 38.6. The Kier molecular flexibility index (Phi) is 4.68. The first-order valence-corrected chi connectivity index (χ1v) is 10.8. The Morgan fingerprint density at radius 3 is 2.39 bits per heavy atom. The Balaban J connectivity index is 1.37. The molecule has 4 bridgehead atoms. The number of methoxy groups -OCH3 is 1. The molecule has 0 aliphatic heterocycles. The zero-order chi connectivity index (χ0) is 21.6. The number of hydrogen-bond acceptors (Lipinski definition) is 6. The maximum absolute atomic E-state index is 13.1. The van der Waals surface area contributed by atoms with Gasteiger partial charge < -0.3 is 15.4 Å². The molecule has 6 rings (SSSR count). The highest BCUT2D eigenvalue weighted by molar-refractivity contribution is 5.95. The smallest absolute Gasteiger partial charge is 0.271 e. The average molecular weight is 422 g/mol. The fraction of sp³-hybridized carbons (Fsp3) is 0.522. The van der Waals surface area contributed by atoms with Crippen LogP contribution in [0.15, 0.2) is 30.7 Å². The zero-order valence-corrected chi connectivity index (χ0v) is 17.9. The lowest BCUT2D eigenvalue weighted by Crippen LogP contribution is -2.69. The van der Waals surface area contributed by atoms with Crippen LogP contribution in [0.2, 0.25) is 0 Å². The van der Waals surface area contributed by atoms with Crippen molar-refractivity contribution in [2.24, 2.45) is 11.8 Å². The second-order valence-electron chi connectivity index (χ2n) is 9.56. The Hall–Kier alpha value is -3.03. The van der Waals surface area contributed by atoms with Gasteiger partial charge >= 0.3 is 0 Å². The zero-order valence-electron chi connectivity index (χ0n) is 17.9. The third kappa shape index (κ3) is 3.75. The molecule has 0 spiro atoms. The van der Waals surface area contributed by atoms with Gasteiger partial charge in [0.05, 0.1) is 19.0 Å². The summed E-state index contributed by atoms with van der Waals surface area (Å²) in [5.74, 6) is 1.11. The minimum absolute atomic E-state index is 0.117. The lowest BCUT2D eigenvalue weighted by Gasteiger charge is -2.62. The Morgan fingerprint density at radius 2 is 1.74 bits per heavy atom. The number of aromatic nitrogens is 3. The number of ether oxygens (including phenoxy) is 1. The highest BCUT2D eigenvalue weighted by Gasteiger charge is 2.58. The standard InChI is InChI=1S/C23H27N5O3/c1-14-11-24-12-18(26-14)21(30)28-23-9-15-5-16(10-23)8-22(7-15,13-23)27-20(29)17-3-4-25-19(6-17)31-2/h3-4,6,11-12,15-16H,5,7-10,13H2,1-2H3,(H,27,29)(H,28,30). The number of nitrogens with one attached hydrogen (secondary N) is 2. The van der Waals surface area contributed by atoms with Gasteiger partial charge in [-0.3, -0.25) is 14.6 Å². The van der Waals surface area contributed by atoms with E-state index in [1.54, 1.807) is 24.5 Å². The van der Waals surface area contributed by atoms with Crippen molar-refractivity contribution in [3.8, 4) is 5.88 Å². The molecule has 8 nitrogen and oxygen atoms in total. The number of nitrogens with zero attached hydrogens (tertiary/aromatic N) is 3. The van der Waals surface area contributed by atoms with Crippen molar-refractivity contribution in [1.29, 1.82) is 0 Å². The number of pyridine rings is 1. The van der Waals surface area contributed by atoms with Gasteiger partial charge in [-0.25, -0.2) is 9.97 Å². The molecule has 4 saturated carbocycles. The van der Waals surface area contributed by atoms with Gasteiger partial charge in [-0.1, -0.05) is 0 Å². The molecule has 2 aromatic heterocycles. The molecule has 4 aliphatic rings. The predicted molar refractivity (Wildman–Crippen MR) is 113 cm³/mol. The molecule has 4 aliphatic carbocycles. The molecule has 162 valence electrons. The number of aryl methyl sites for hydroxylation is 1. The van der Waals surface area contributed by atoms with E-state index >= 15 is 0 Å². The SMILES string of the molecule is COc1cc(C(=O)NC23CC4CC(C2)CC(NC(=O)c2cncc(C)n2)(C4)C3)ccn1. The molecule has 0 aromatic carbocycles. The van der Waals surface area contributed by atoms with Crippen LogP contribution in [0.1, 0.15) is 65.1 Å². The molecule has 0 saturated heterocycles. The van der Waals surface area contributed by atoms with Crippen LogP contribution in [0.5, 0.6) is 5.88 Å². The third-order valence-electron chi connectivity index (χ3n) is 7.01. The lowest BCUT2D eigenvalue weighted by atomic mass is 9.49. The normalized spacial score (nSPS) is 30.6. The number of rotatable bonds is 5. The minimum Gasteiger partial charge on any atom is -0.481 e. The van der Waals surface area contributed by atoms with Crippen LogP contribution in [0.4, 0.5) is 0 Å². The van der Waals surface area contributed by atoms with Crippen molar-refractivity contribution < 1.29 is 14.3 Å². The number of carbonyl (C=O) groups excluding carboxylic acids is 2. The van der Waals surface area contributed by atoms with E-state index < -0.39 is 0 Å². The largest absolute Gasteiger partial charge is 0.481 e. The average Bonchev–Trinajstić information content (AvgIpc) is 2.72. The molecular formula is C23H27N5O3. The van der Waals surface area contributed by atoms with E-state index in [4.69, 9.17) is 4.74 Å². The van der Waals surface area contributed by atoms with Gasteiger partial charge in [0.15, 0.2) is 0 Å². The molecule has 2 heterocycles.